The fraction of sp³-hybridized carbons (Fsp3) is 0.333. The number of urea groups is 1. The average Bonchev–Trinajstić information content (AvgIpc) is 2.89. The van der Waals surface area contributed by atoms with Crippen LogP contribution in [0.5, 0.6) is 0 Å². The third-order valence-electron chi connectivity index (χ3n) is 3.18. The number of nitrogens with zero attached hydrogens (tertiary/aromatic N) is 1. The maximum atomic E-state index is 12.1. The van der Waals surface area contributed by atoms with Crippen LogP contribution in [0.25, 0.3) is 0 Å². The zero-order valence-corrected chi connectivity index (χ0v) is 12.3. The molecule has 1 aromatic carbocycles. The Morgan fingerprint density at radius 1 is 1.48 bits per heavy atom. The molecule has 21 heavy (non-hydrogen) atoms. The van der Waals surface area contributed by atoms with Crippen LogP contribution in [0.2, 0.25) is 0 Å². The average molecular weight is 304 g/mol. The maximum Gasteiger partial charge on any atom is 0.335 e. The predicted octanol–water partition coefficient (Wildman–Crippen LogP) is 1.82. The molecule has 6 heteroatoms. The molecule has 0 aliphatic carbocycles. The quantitative estimate of drug-likeness (QED) is 0.643. The number of benzene rings is 1. The van der Waals surface area contributed by atoms with E-state index in [9.17, 15) is 9.59 Å². The Labute approximate surface area is 127 Å². The van der Waals surface area contributed by atoms with Gasteiger partial charge in [-0.2, -0.15) is 0 Å². The first kappa shape index (κ1) is 15.3. The standard InChI is InChI=1S/C15H16N2O3S/c1-2-8-21-9-6-16-15(20)17-7-5-11-10-12(14(18)19)3-4-13(11)17/h1,3-4,10H,5-9H2,(H,16,20)(H,18,19). The van der Waals surface area contributed by atoms with E-state index in [0.29, 0.717) is 25.3 Å². The molecule has 0 saturated carbocycles. The van der Waals surface area contributed by atoms with Gasteiger partial charge in [-0.15, -0.1) is 18.2 Å². The van der Waals surface area contributed by atoms with E-state index in [1.807, 2.05) is 0 Å². The molecule has 1 aliphatic heterocycles. The van der Waals surface area contributed by atoms with Gasteiger partial charge in [-0.1, -0.05) is 5.92 Å². The lowest BCUT2D eigenvalue weighted by molar-refractivity contribution is 0.0697. The number of terminal acetylenes is 1. The number of aromatic carboxylic acids is 1. The fourth-order valence-electron chi connectivity index (χ4n) is 2.20. The third kappa shape index (κ3) is 3.70. The van der Waals surface area contributed by atoms with Crippen molar-refractivity contribution in [2.24, 2.45) is 0 Å². The molecule has 1 aliphatic rings. The maximum absolute atomic E-state index is 12.1. The van der Waals surface area contributed by atoms with Crippen LogP contribution in [0.1, 0.15) is 15.9 Å². The molecule has 0 saturated heterocycles. The van der Waals surface area contributed by atoms with Crippen molar-refractivity contribution in [2.45, 2.75) is 6.42 Å². The Morgan fingerprint density at radius 2 is 2.29 bits per heavy atom. The summed E-state index contributed by atoms with van der Waals surface area (Å²) in [5, 5.41) is 11.8. The first-order valence-electron chi connectivity index (χ1n) is 6.56. The molecule has 1 aromatic rings. The molecule has 0 fully saturated rings. The van der Waals surface area contributed by atoms with Gasteiger partial charge >= 0.3 is 12.0 Å². The lowest BCUT2D eigenvalue weighted by atomic mass is 10.1. The molecule has 0 radical (unpaired) electrons. The number of rotatable bonds is 5. The van der Waals surface area contributed by atoms with Gasteiger partial charge in [-0.05, 0) is 30.2 Å². The Bertz CT molecular complexity index is 595. The summed E-state index contributed by atoms with van der Waals surface area (Å²) in [5.74, 6) is 2.99. The van der Waals surface area contributed by atoms with E-state index in [0.717, 1.165) is 17.0 Å². The van der Waals surface area contributed by atoms with Crippen molar-refractivity contribution in [1.29, 1.82) is 0 Å². The Morgan fingerprint density at radius 3 is 3.00 bits per heavy atom. The van der Waals surface area contributed by atoms with Crippen LogP contribution in [0, 0.1) is 12.3 Å². The molecular weight excluding hydrogens is 288 g/mol. The van der Waals surface area contributed by atoms with Gasteiger partial charge < -0.3 is 10.4 Å². The van der Waals surface area contributed by atoms with Gasteiger partial charge in [-0.25, -0.2) is 9.59 Å². The normalized spacial score (nSPS) is 12.6. The van der Waals surface area contributed by atoms with Crippen molar-refractivity contribution in [2.75, 3.05) is 29.5 Å². The summed E-state index contributed by atoms with van der Waals surface area (Å²) >= 11 is 1.59. The second-order valence-electron chi connectivity index (χ2n) is 4.54. The number of carbonyl (C=O) groups excluding carboxylic acids is 1. The number of carboxylic acids is 1. The van der Waals surface area contributed by atoms with Gasteiger partial charge in [0.15, 0.2) is 0 Å². The molecule has 2 amide bonds. The third-order valence-corrected chi connectivity index (χ3v) is 4.04. The SMILES string of the molecule is C#CCSCCNC(=O)N1CCc2cc(C(=O)O)ccc21. The van der Waals surface area contributed by atoms with Crippen LogP contribution < -0.4 is 10.2 Å². The van der Waals surface area contributed by atoms with E-state index in [4.69, 9.17) is 11.5 Å². The Hall–Kier alpha value is -2.13. The zero-order valence-electron chi connectivity index (χ0n) is 11.5. The van der Waals surface area contributed by atoms with Crippen molar-refractivity contribution in [1.82, 2.24) is 5.32 Å². The molecule has 1 heterocycles. The van der Waals surface area contributed by atoms with E-state index < -0.39 is 5.97 Å². The van der Waals surface area contributed by atoms with E-state index in [-0.39, 0.29) is 11.6 Å². The highest BCUT2D eigenvalue weighted by atomic mass is 32.2. The fourth-order valence-corrected chi connectivity index (χ4v) is 2.71. The van der Waals surface area contributed by atoms with E-state index in [1.165, 1.54) is 6.07 Å². The van der Waals surface area contributed by atoms with Crippen LogP contribution in [-0.2, 0) is 6.42 Å². The molecule has 5 nitrogen and oxygen atoms in total. The second kappa shape index (κ2) is 7.04. The van der Waals surface area contributed by atoms with Crippen molar-refractivity contribution in [3.05, 3.63) is 29.3 Å². The molecule has 0 aromatic heterocycles. The lowest BCUT2D eigenvalue weighted by Gasteiger charge is -2.18. The minimum atomic E-state index is -0.953. The summed E-state index contributed by atoms with van der Waals surface area (Å²) in [7, 11) is 0. The van der Waals surface area contributed by atoms with Crippen molar-refractivity contribution < 1.29 is 14.7 Å². The minimum absolute atomic E-state index is 0.155. The number of anilines is 1. The van der Waals surface area contributed by atoms with Crippen LogP contribution in [0.4, 0.5) is 10.5 Å². The number of hydrogen-bond donors (Lipinski definition) is 2. The van der Waals surface area contributed by atoms with Crippen LogP contribution in [0.3, 0.4) is 0 Å². The number of carbonyl (C=O) groups is 2. The van der Waals surface area contributed by atoms with E-state index >= 15 is 0 Å². The summed E-state index contributed by atoms with van der Waals surface area (Å²) in [4.78, 5) is 24.7. The molecular formula is C15H16N2O3S. The van der Waals surface area contributed by atoms with Gasteiger partial charge in [-0.3, -0.25) is 4.90 Å². The summed E-state index contributed by atoms with van der Waals surface area (Å²) < 4.78 is 0. The highest BCUT2D eigenvalue weighted by Gasteiger charge is 2.25. The van der Waals surface area contributed by atoms with Crippen molar-refractivity contribution in [3.8, 4) is 12.3 Å². The molecule has 110 valence electrons. The largest absolute Gasteiger partial charge is 0.478 e. The first-order chi connectivity index (χ1) is 10.1. The summed E-state index contributed by atoms with van der Waals surface area (Å²) in [5.41, 5.74) is 1.93. The number of nitrogens with one attached hydrogen (secondary N) is 1. The van der Waals surface area contributed by atoms with Crippen molar-refractivity contribution >= 4 is 29.4 Å². The zero-order chi connectivity index (χ0) is 15.2. The Kier molecular flexibility index (Phi) is 5.12. The molecule has 0 spiro atoms. The van der Waals surface area contributed by atoms with Crippen LogP contribution >= 0.6 is 11.8 Å². The number of thioether (sulfide) groups is 1. The number of fused-ring (bicyclic) bond motifs is 1. The molecule has 0 unspecified atom stereocenters. The molecule has 2 N–H and O–H groups in total. The van der Waals surface area contributed by atoms with Crippen molar-refractivity contribution in [3.63, 3.8) is 0 Å². The predicted molar refractivity (Wildman–Crippen MR) is 84.0 cm³/mol. The summed E-state index contributed by atoms with van der Waals surface area (Å²) in [6.07, 6.45) is 5.82. The first-order valence-corrected chi connectivity index (χ1v) is 7.71. The smallest absolute Gasteiger partial charge is 0.335 e. The number of hydrogen-bond acceptors (Lipinski definition) is 3. The van der Waals surface area contributed by atoms with E-state index in [2.05, 4.69) is 11.2 Å². The minimum Gasteiger partial charge on any atom is -0.478 e. The van der Waals surface area contributed by atoms with Gasteiger partial charge in [0.2, 0.25) is 0 Å². The van der Waals surface area contributed by atoms with Gasteiger partial charge in [0.1, 0.15) is 0 Å². The number of carboxylic acid groups (broad SMARTS) is 1. The summed E-state index contributed by atoms with van der Waals surface area (Å²) in [6, 6.07) is 4.69. The monoisotopic (exact) mass is 304 g/mol. The molecule has 2 rings (SSSR count). The lowest BCUT2D eigenvalue weighted by Crippen LogP contribution is -2.39. The highest BCUT2D eigenvalue weighted by Crippen LogP contribution is 2.28. The van der Waals surface area contributed by atoms with Crippen LogP contribution in [-0.4, -0.2) is 41.7 Å². The highest BCUT2D eigenvalue weighted by molar-refractivity contribution is 7.99. The van der Waals surface area contributed by atoms with E-state index in [1.54, 1.807) is 28.8 Å². The topological polar surface area (TPSA) is 69.6 Å². The van der Waals surface area contributed by atoms with Gasteiger partial charge in [0, 0.05) is 24.5 Å². The van der Waals surface area contributed by atoms with Gasteiger partial charge in [0.05, 0.1) is 11.3 Å². The molecule has 0 atom stereocenters. The van der Waals surface area contributed by atoms with Crippen LogP contribution in [0.15, 0.2) is 18.2 Å². The number of amides is 2. The second-order valence-corrected chi connectivity index (χ2v) is 5.64. The summed E-state index contributed by atoms with van der Waals surface area (Å²) in [6.45, 7) is 1.13. The van der Waals surface area contributed by atoms with Gasteiger partial charge in [0.25, 0.3) is 0 Å². The Balaban J connectivity index is 1.94. The molecule has 0 bridgehead atoms.